The van der Waals surface area contributed by atoms with Crippen LogP contribution in [0.15, 0.2) is 46.9 Å². The maximum Gasteiger partial charge on any atom is 0.416 e. The van der Waals surface area contributed by atoms with Crippen LogP contribution in [-0.4, -0.2) is 5.11 Å². The van der Waals surface area contributed by atoms with Crippen LogP contribution in [0.1, 0.15) is 22.8 Å². The van der Waals surface area contributed by atoms with Gasteiger partial charge in [0.05, 0.1) is 5.56 Å². The van der Waals surface area contributed by atoms with Gasteiger partial charge in [0.25, 0.3) is 0 Å². The second-order valence-corrected chi connectivity index (χ2v) is 5.10. The van der Waals surface area contributed by atoms with Gasteiger partial charge in [-0.05, 0) is 35.4 Å². The molecule has 2 aromatic carbocycles. The topological polar surface area (TPSA) is 20.2 Å². The zero-order valence-corrected chi connectivity index (χ0v) is 11.5. The number of hydrogen-bond acceptors (Lipinski definition) is 1. The zero-order chi connectivity index (χ0) is 14.9. The molecule has 1 unspecified atom stereocenters. The molecular weight excluding hydrogens is 340 g/mol. The van der Waals surface area contributed by atoms with Gasteiger partial charge in [0.2, 0.25) is 0 Å². The average molecular weight is 349 g/mol. The quantitative estimate of drug-likeness (QED) is 0.780. The maximum atomic E-state index is 13.0. The van der Waals surface area contributed by atoms with E-state index >= 15 is 0 Å². The van der Waals surface area contributed by atoms with Crippen LogP contribution in [0.4, 0.5) is 17.6 Å². The lowest BCUT2D eigenvalue weighted by Gasteiger charge is -2.18. The summed E-state index contributed by atoms with van der Waals surface area (Å²) in [5.74, 6) is -0.521. The molecule has 0 bridgehead atoms. The minimum Gasteiger partial charge on any atom is -0.384 e. The Balaban J connectivity index is 2.49. The summed E-state index contributed by atoms with van der Waals surface area (Å²) >= 11 is 2.97. The van der Waals surface area contributed by atoms with E-state index in [9.17, 15) is 22.7 Å². The molecule has 0 spiro atoms. The van der Waals surface area contributed by atoms with Gasteiger partial charge >= 0.3 is 6.18 Å². The number of hydrogen-bond donors (Lipinski definition) is 1. The van der Waals surface area contributed by atoms with E-state index < -0.39 is 23.7 Å². The lowest BCUT2D eigenvalue weighted by Crippen LogP contribution is -2.12. The van der Waals surface area contributed by atoms with E-state index in [-0.39, 0.29) is 15.6 Å². The van der Waals surface area contributed by atoms with Crippen LogP contribution in [-0.2, 0) is 6.18 Å². The van der Waals surface area contributed by atoms with Gasteiger partial charge in [-0.2, -0.15) is 13.2 Å². The van der Waals surface area contributed by atoms with E-state index in [4.69, 9.17) is 0 Å². The van der Waals surface area contributed by atoms with Crippen molar-refractivity contribution in [3.05, 3.63) is 69.4 Å². The number of halogens is 5. The van der Waals surface area contributed by atoms with Crippen LogP contribution < -0.4 is 0 Å². The SMILES string of the molecule is OC(c1ccc(F)cc1)c1ccc(Br)cc1C(F)(F)F. The van der Waals surface area contributed by atoms with Gasteiger partial charge in [0.1, 0.15) is 11.9 Å². The van der Waals surface area contributed by atoms with Crippen LogP contribution >= 0.6 is 15.9 Å². The monoisotopic (exact) mass is 348 g/mol. The van der Waals surface area contributed by atoms with Crippen molar-refractivity contribution in [2.75, 3.05) is 0 Å². The van der Waals surface area contributed by atoms with Crippen molar-refractivity contribution in [3.63, 3.8) is 0 Å². The van der Waals surface area contributed by atoms with Gasteiger partial charge in [-0.25, -0.2) is 4.39 Å². The summed E-state index contributed by atoms with van der Waals surface area (Å²) in [6, 6.07) is 8.19. The number of aliphatic hydroxyl groups is 1. The van der Waals surface area contributed by atoms with E-state index in [0.29, 0.717) is 0 Å². The lowest BCUT2D eigenvalue weighted by molar-refractivity contribution is -0.139. The van der Waals surface area contributed by atoms with Crippen LogP contribution in [0.3, 0.4) is 0 Å². The molecule has 1 atom stereocenters. The molecule has 0 radical (unpaired) electrons. The molecule has 1 nitrogen and oxygen atoms in total. The molecule has 2 rings (SSSR count). The fourth-order valence-electron chi connectivity index (χ4n) is 1.84. The zero-order valence-electron chi connectivity index (χ0n) is 9.96. The Labute approximate surface area is 121 Å². The standard InChI is InChI=1S/C14H9BrF4O/c15-9-3-6-11(12(7-9)14(17,18)19)13(20)8-1-4-10(16)5-2-8/h1-7,13,20H. The molecule has 20 heavy (non-hydrogen) atoms. The van der Waals surface area contributed by atoms with Gasteiger partial charge in [-0.1, -0.05) is 34.1 Å². The number of rotatable bonds is 2. The molecule has 0 aliphatic heterocycles. The highest BCUT2D eigenvalue weighted by Gasteiger charge is 2.35. The van der Waals surface area contributed by atoms with Crippen LogP contribution in [0, 0.1) is 5.82 Å². The van der Waals surface area contributed by atoms with Crippen molar-refractivity contribution in [2.45, 2.75) is 12.3 Å². The number of aliphatic hydroxyl groups excluding tert-OH is 1. The maximum absolute atomic E-state index is 13.0. The Bertz CT molecular complexity index is 608. The lowest BCUT2D eigenvalue weighted by atomic mass is 9.96. The van der Waals surface area contributed by atoms with Gasteiger partial charge in [0, 0.05) is 4.47 Å². The predicted octanol–water partition coefficient (Wildman–Crippen LogP) is 4.69. The summed E-state index contributed by atoms with van der Waals surface area (Å²) in [5, 5.41) is 10.1. The normalized spacial score (nSPS) is 13.3. The van der Waals surface area contributed by atoms with E-state index in [0.717, 1.165) is 18.2 Å². The predicted molar refractivity (Wildman–Crippen MR) is 69.6 cm³/mol. The van der Waals surface area contributed by atoms with Gasteiger partial charge in [-0.15, -0.1) is 0 Å². The molecule has 0 saturated heterocycles. The molecular formula is C14H9BrF4O. The fourth-order valence-corrected chi connectivity index (χ4v) is 2.20. The largest absolute Gasteiger partial charge is 0.416 e. The number of benzene rings is 2. The van der Waals surface area contributed by atoms with Crippen LogP contribution in [0.2, 0.25) is 0 Å². The molecule has 0 aromatic heterocycles. The van der Waals surface area contributed by atoms with Crippen molar-refractivity contribution in [2.24, 2.45) is 0 Å². The third kappa shape index (κ3) is 3.19. The first-order valence-corrected chi connectivity index (χ1v) is 6.38. The second-order valence-electron chi connectivity index (χ2n) is 4.18. The third-order valence-corrected chi connectivity index (χ3v) is 3.29. The Hall–Kier alpha value is -1.40. The van der Waals surface area contributed by atoms with E-state index in [2.05, 4.69) is 15.9 Å². The molecule has 1 N–H and O–H groups in total. The molecule has 0 saturated carbocycles. The minimum absolute atomic E-state index is 0.194. The molecule has 0 aliphatic carbocycles. The van der Waals surface area contributed by atoms with Gasteiger partial charge in [0.15, 0.2) is 0 Å². The van der Waals surface area contributed by atoms with E-state index in [1.807, 2.05) is 0 Å². The van der Waals surface area contributed by atoms with Gasteiger partial charge in [-0.3, -0.25) is 0 Å². The first-order valence-electron chi connectivity index (χ1n) is 5.59. The summed E-state index contributed by atoms with van der Waals surface area (Å²) in [4.78, 5) is 0. The highest BCUT2D eigenvalue weighted by Crippen LogP contribution is 2.38. The average Bonchev–Trinajstić information content (AvgIpc) is 2.38. The summed E-state index contributed by atoms with van der Waals surface area (Å²) in [7, 11) is 0. The highest BCUT2D eigenvalue weighted by atomic mass is 79.9. The Morgan fingerprint density at radius 3 is 2.15 bits per heavy atom. The third-order valence-electron chi connectivity index (χ3n) is 2.80. The molecule has 2 aromatic rings. The van der Waals surface area contributed by atoms with Crippen molar-refractivity contribution >= 4 is 15.9 Å². The molecule has 0 heterocycles. The van der Waals surface area contributed by atoms with Crippen molar-refractivity contribution < 1.29 is 22.7 Å². The Kier molecular flexibility index (Phi) is 4.15. The smallest absolute Gasteiger partial charge is 0.384 e. The van der Waals surface area contributed by atoms with E-state index in [1.165, 1.54) is 24.3 Å². The summed E-state index contributed by atoms with van der Waals surface area (Å²) in [6.07, 6.45) is -6.06. The first-order chi connectivity index (χ1) is 9.29. The molecule has 0 aliphatic rings. The second kappa shape index (κ2) is 5.54. The van der Waals surface area contributed by atoms with E-state index in [1.54, 1.807) is 0 Å². The minimum atomic E-state index is -4.58. The summed E-state index contributed by atoms with van der Waals surface area (Å²) in [6.45, 7) is 0. The van der Waals surface area contributed by atoms with Crippen molar-refractivity contribution in [1.82, 2.24) is 0 Å². The molecule has 0 fully saturated rings. The molecule has 6 heteroatoms. The Morgan fingerprint density at radius 2 is 1.60 bits per heavy atom. The first kappa shape index (κ1) is 15.0. The van der Waals surface area contributed by atoms with Crippen LogP contribution in [0.5, 0.6) is 0 Å². The molecule has 106 valence electrons. The summed E-state index contributed by atoms with van der Waals surface area (Å²) in [5.41, 5.74) is -1.00. The molecule has 0 amide bonds. The van der Waals surface area contributed by atoms with Crippen LogP contribution in [0.25, 0.3) is 0 Å². The van der Waals surface area contributed by atoms with Crippen molar-refractivity contribution in [3.8, 4) is 0 Å². The fraction of sp³-hybridized carbons (Fsp3) is 0.143. The number of alkyl halides is 3. The van der Waals surface area contributed by atoms with Gasteiger partial charge < -0.3 is 5.11 Å². The highest BCUT2D eigenvalue weighted by molar-refractivity contribution is 9.10. The Morgan fingerprint density at radius 1 is 1.00 bits per heavy atom. The van der Waals surface area contributed by atoms with Crippen molar-refractivity contribution in [1.29, 1.82) is 0 Å². The summed E-state index contributed by atoms with van der Waals surface area (Å²) < 4.78 is 52.0.